The second kappa shape index (κ2) is 8.30. The lowest BCUT2D eigenvalue weighted by Gasteiger charge is -2.15. The number of nitrogen functional groups attached to an aromatic ring is 1. The van der Waals surface area contributed by atoms with Crippen molar-refractivity contribution in [2.24, 2.45) is 0 Å². The molecule has 0 saturated carbocycles. The van der Waals surface area contributed by atoms with Crippen molar-refractivity contribution in [3.8, 4) is 10.7 Å². The van der Waals surface area contributed by atoms with E-state index < -0.39 is 0 Å². The van der Waals surface area contributed by atoms with Crippen molar-refractivity contribution < 1.29 is 4.79 Å². The highest BCUT2D eigenvalue weighted by atomic mass is 35.5. The lowest BCUT2D eigenvalue weighted by Crippen LogP contribution is -2.28. The molecule has 1 atom stereocenters. The molecule has 6 nitrogen and oxygen atoms in total. The molecule has 1 unspecified atom stereocenters. The van der Waals surface area contributed by atoms with Gasteiger partial charge in [-0.1, -0.05) is 47.1 Å². The summed E-state index contributed by atoms with van der Waals surface area (Å²) in [6.07, 6.45) is 0. The number of thiophene rings is 1. The monoisotopic (exact) mass is 427 g/mol. The number of rotatable bonds is 6. The zero-order chi connectivity index (χ0) is 18.7. The fourth-order valence-electron chi connectivity index (χ4n) is 2.29. The number of halogens is 2. The normalized spacial score (nSPS) is 12.1. The van der Waals surface area contributed by atoms with Gasteiger partial charge in [-0.2, -0.15) is 0 Å². The molecule has 0 aliphatic rings. The van der Waals surface area contributed by atoms with E-state index in [-0.39, 0.29) is 17.7 Å². The molecule has 2 heterocycles. The lowest BCUT2D eigenvalue weighted by atomic mass is 10.1. The third-order valence-electron chi connectivity index (χ3n) is 3.54. The Morgan fingerprint density at radius 3 is 2.88 bits per heavy atom. The summed E-state index contributed by atoms with van der Waals surface area (Å²) < 4.78 is 1.39. The van der Waals surface area contributed by atoms with Gasteiger partial charge in [-0.15, -0.1) is 21.5 Å². The predicted octanol–water partition coefficient (Wildman–Crippen LogP) is 4.00. The largest absolute Gasteiger partial charge is 0.349 e. The minimum atomic E-state index is -0.245. The summed E-state index contributed by atoms with van der Waals surface area (Å²) in [5, 5.41) is 14.5. The number of carbonyl (C=O) groups excluding carboxylic acids is 1. The maximum atomic E-state index is 12.2. The Morgan fingerprint density at radius 2 is 2.19 bits per heavy atom. The molecule has 1 amide bonds. The fraction of sp³-hybridized carbons (Fsp3) is 0.188. The molecule has 0 saturated heterocycles. The Bertz CT molecular complexity index is 914. The van der Waals surface area contributed by atoms with Gasteiger partial charge in [-0.05, 0) is 36.1 Å². The average Bonchev–Trinajstić information content (AvgIpc) is 3.22. The first-order valence-corrected chi connectivity index (χ1v) is 10.2. The van der Waals surface area contributed by atoms with E-state index in [4.69, 9.17) is 29.0 Å². The van der Waals surface area contributed by atoms with E-state index in [1.165, 1.54) is 27.8 Å². The van der Waals surface area contributed by atoms with Crippen LogP contribution in [0, 0.1) is 0 Å². The first-order valence-electron chi connectivity index (χ1n) is 7.57. The van der Waals surface area contributed by atoms with Crippen LogP contribution in [0.5, 0.6) is 0 Å². The number of hydrogen-bond acceptors (Lipinski definition) is 6. The Balaban J connectivity index is 1.59. The van der Waals surface area contributed by atoms with E-state index in [0.717, 1.165) is 10.4 Å². The molecule has 1 aromatic carbocycles. The number of carbonyl (C=O) groups is 1. The third kappa shape index (κ3) is 4.32. The Morgan fingerprint density at radius 1 is 1.38 bits per heavy atom. The summed E-state index contributed by atoms with van der Waals surface area (Å²) in [5.41, 5.74) is 0.802. The van der Waals surface area contributed by atoms with Gasteiger partial charge in [-0.3, -0.25) is 4.79 Å². The van der Waals surface area contributed by atoms with Crippen LogP contribution in [0.15, 0.2) is 40.9 Å². The fourth-order valence-corrected chi connectivity index (χ4v) is 4.24. The summed E-state index contributed by atoms with van der Waals surface area (Å²) in [6, 6.07) is 8.77. The molecule has 0 fully saturated rings. The van der Waals surface area contributed by atoms with Crippen LogP contribution in [0.25, 0.3) is 10.7 Å². The first-order chi connectivity index (χ1) is 12.5. The summed E-state index contributed by atoms with van der Waals surface area (Å²) in [5.74, 6) is 6.60. The van der Waals surface area contributed by atoms with Gasteiger partial charge in [0.05, 0.1) is 16.7 Å². The van der Waals surface area contributed by atoms with Crippen LogP contribution in [0.4, 0.5) is 0 Å². The van der Waals surface area contributed by atoms with Crippen LogP contribution in [0.2, 0.25) is 10.0 Å². The molecule has 0 radical (unpaired) electrons. The molecular weight excluding hydrogens is 413 g/mol. The Labute approximate surface area is 168 Å². The van der Waals surface area contributed by atoms with E-state index in [1.54, 1.807) is 18.2 Å². The summed E-state index contributed by atoms with van der Waals surface area (Å²) >= 11 is 14.8. The average molecular weight is 428 g/mol. The zero-order valence-electron chi connectivity index (χ0n) is 13.6. The van der Waals surface area contributed by atoms with Crippen LogP contribution in [-0.2, 0) is 4.79 Å². The minimum absolute atomic E-state index is 0.158. The maximum Gasteiger partial charge on any atom is 0.230 e. The van der Waals surface area contributed by atoms with Crippen molar-refractivity contribution in [2.75, 3.05) is 11.6 Å². The number of nitrogens with one attached hydrogen (secondary N) is 1. The lowest BCUT2D eigenvalue weighted by molar-refractivity contribution is -0.119. The highest BCUT2D eigenvalue weighted by Gasteiger charge is 2.16. The van der Waals surface area contributed by atoms with E-state index >= 15 is 0 Å². The molecule has 136 valence electrons. The quantitative estimate of drug-likeness (QED) is 0.458. The van der Waals surface area contributed by atoms with Crippen molar-refractivity contribution in [1.29, 1.82) is 0 Å². The highest BCUT2D eigenvalue weighted by Crippen LogP contribution is 2.27. The molecule has 26 heavy (non-hydrogen) atoms. The molecule has 0 spiro atoms. The van der Waals surface area contributed by atoms with Gasteiger partial charge in [0.2, 0.25) is 11.1 Å². The van der Waals surface area contributed by atoms with Crippen molar-refractivity contribution >= 4 is 52.2 Å². The molecule has 0 aliphatic carbocycles. The van der Waals surface area contributed by atoms with Gasteiger partial charge >= 0.3 is 0 Å². The van der Waals surface area contributed by atoms with Gasteiger partial charge in [0, 0.05) is 10.0 Å². The molecule has 2 aromatic heterocycles. The SMILES string of the molecule is CC(NC(=O)CSc1nnc(-c2cccs2)n1N)c1ccc(Cl)cc1Cl. The van der Waals surface area contributed by atoms with E-state index in [9.17, 15) is 4.79 Å². The van der Waals surface area contributed by atoms with Crippen LogP contribution < -0.4 is 11.2 Å². The van der Waals surface area contributed by atoms with Crippen molar-refractivity contribution in [3.63, 3.8) is 0 Å². The van der Waals surface area contributed by atoms with Crippen LogP contribution in [0.1, 0.15) is 18.5 Å². The third-order valence-corrected chi connectivity index (χ3v) is 5.92. The highest BCUT2D eigenvalue weighted by molar-refractivity contribution is 7.99. The first kappa shape index (κ1) is 19.0. The molecule has 0 aliphatic heterocycles. The Kier molecular flexibility index (Phi) is 6.08. The standard InChI is InChI=1S/C16H15Cl2N5OS2/c1-9(11-5-4-10(17)7-12(11)18)20-14(24)8-26-16-22-21-15(23(16)19)13-3-2-6-25-13/h2-7,9H,8,19H2,1H3,(H,20,24). The number of benzene rings is 1. The van der Waals surface area contributed by atoms with Crippen LogP contribution in [0.3, 0.4) is 0 Å². The number of amides is 1. The van der Waals surface area contributed by atoms with Crippen molar-refractivity contribution in [1.82, 2.24) is 20.2 Å². The van der Waals surface area contributed by atoms with E-state index in [2.05, 4.69) is 15.5 Å². The van der Waals surface area contributed by atoms with Crippen LogP contribution >= 0.6 is 46.3 Å². The minimum Gasteiger partial charge on any atom is -0.349 e. The number of aromatic nitrogens is 3. The second-order valence-corrected chi connectivity index (χ2v) is 8.13. The Hall–Kier alpha value is -1.74. The van der Waals surface area contributed by atoms with Crippen LogP contribution in [-0.4, -0.2) is 26.5 Å². The number of nitrogens with two attached hydrogens (primary N) is 1. The zero-order valence-corrected chi connectivity index (χ0v) is 16.8. The van der Waals surface area contributed by atoms with Gasteiger partial charge in [0.25, 0.3) is 0 Å². The van der Waals surface area contributed by atoms with Crippen molar-refractivity contribution in [3.05, 3.63) is 51.3 Å². The molecule has 0 bridgehead atoms. The topological polar surface area (TPSA) is 85.8 Å². The summed E-state index contributed by atoms with van der Waals surface area (Å²) in [7, 11) is 0. The number of hydrogen-bond donors (Lipinski definition) is 2. The second-order valence-electron chi connectivity index (χ2n) is 5.40. The molecule has 3 N–H and O–H groups in total. The number of thioether (sulfide) groups is 1. The molecule has 10 heteroatoms. The van der Waals surface area contributed by atoms with Gasteiger partial charge in [0.15, 0.2) is 5.82 Å². The van der Waals surface area contributed by atoms with E-state index in [0.29, 0.717) is 21.0 Å². The molecule has 3 aromatic rings. The smallest absolute Gasteiger partial charge is 0.230 e. The van der Waals surface area contributed by atoms with E-state index in [1.807, 2.05) is 24.4 Å². The van der Waals surface area contributed by atoms with Gasteiger partial charge in [-0.25, -0.2) is 4.68 Å². The predicted molar refractivity (Wildman–Crippen MR) is 107 cm³/mol. The maximum absolute atomic E-state index is 12.2. The molecular formula is C16H15Cl2N5OS2. The molecule has 3 rings (SSSR count). The van der Waals surface area contributed by atoms with Gasteiger partial charge in [0.1, 0.15) is 0 Å². The van der Waals surface area contributed by atoms with Crippen molar-refractivity contribution in [2.45, 2.75) is 18.1 Å². The number of nitrogens with zero attached hydrogens (tertiary/aromatic N) is 3. The summed E-state index contributed by atoms with van der Waals surface area (Å²) in [4.78, 5) is 13.1. The van der Waals surface area contributed by atoms with Gasteiger partial charge < -0.3 is 11.2 Å². The summed E-state index contributed by atoms with van der Waals surface area (Å²) in [6.45, 7) is 1.86.